The van der Waals surface area contributed by atoms with E-state index in [1.165, 1.54) is 38.6 Å². The van der Waals surface area contributed by atoms with Crippen molar-refractivity contribution in [1.82, 2.24) is 5.32 Å². The van der Waals surface area contributed by atoms with Gasteiger partial charge in [0, 0.05) is 18.0 Å². The van der Waals surface area contributed by atoms with Crippen LogP contribution in [0, 0.1) is 5.92 Å². The first-order valence-corrected chi connectivity index (χ1v) is 7.14. The summed E-state index contributed by atoms with van der Waals surface area (Å²) in [4.78, 5) is 0. The molecule has 1 N–H and O–H groups in total. The molecule has 0 heterocycles. The van der Waals surface area contributed by atoms with Crippen molar-refractivity contribution >= 4 is 0 Å². The number of nitrogens with one attached hydrogen (secondary N) is 1. The zero-order valence-electron chi connectivity index (χ0n) is 10.8. The standard InChI is InChI=1S/C16H23N/c1-2-16(14-8-9-14,12-17-15-10-11-15)13-6-4-3-5-7-13/h3-7,14-15,17H,2,8-12H2,1H3. The van der Waals surface area contributed by atoms with Crippen LogP contribution < -0.4 is 5.32 Å². The molecule has 3 rings (SSSR count). The Labute approximate surface area is 105 Å². The smallest absolute Gasteiger partial charge is 0.0103 e. The Morgan fingerprint density at radius 1 is 1.12 bits per heavy atom. The molecule has 1 atom stereocenters. The van der Waals surface area contributed by atoms with Gasteiger partial charge < -0.3 is 5.32 Å². The molecule has 2 saturated carbocycles. The Morgan fingerprint density at radius 2 is 1.82 bits per heavy atom. The minimum Gasteiger partial charge on any atom is -0.313 e. The summed E-state index contributed by atoms with van der Waals surface area (Å²) in [7, 11) is 0. The molecule has 1 aromatic rings. The van der Waals surface area contributed by atoms with Crippen LogP contribution in [0.4, 0.5) is 0 Å². The quantitative estimate of drug-likeness (QED) is 0.787. The monoisotopic (exact) mass is 229 g/mol. The van der Waals surface area contributed by atoms with Gasteiger partial charge in [-0.1, -0.05) is 37.3 Å². The molecule has 2 aliphatic carbocycles. The van der Waals surface area contributed by atoms with Crippen LogP contribution in [0.25, 0.3) is 0 Å². The average molecular weight is 229 g/mol. The minimum atomic E-state index is 0.407. The normalized spacial score (nSPS) is 23.4. The topological polar surface area (TPSA) is 12.0 Å². The van der Waals surface area contributed by atoms with Crippen LogP contribution in [0.15, 0.2) is 30.3 Å². The highest BCUT2D eigenvalue weighted by Gasteiger charge is 2.45. The van der Waals surface area contributed by atoms with Crippen LogP contribution >= 0.6 is 0 Å². The van der Waals surface area contributed by atoms with Gasteiger partial charge in [-0.3, -0.25) is 0 Å². The molecule has 0 aromatic heterocycles. The third kappa shape index (κ3) is 2.26. The molecule has 1 aromatic carbocycles. The molecule has 0 spiro atoms. The van der Waals surface area contributed by atoms with E-state index in [2.05, 4.69) is 42.6 Å². The van der Waals surface area contributed by atoms with Crippen LogP contribution in [0.3, 0.4) is 0 Å². The summed E-state index contributed by atoms with van der Waals surface area (Å²) in [6, 6.07) is 12.0. The minimum absolute atomic E-state index is 0.407. The van der Waals surface area contributed by atoms with Gasteiger partial charge in [0.25, 0.3) is 0 Å². The number of hydrogen-bond donors (Lipinski definition) is 1. The first-order valence-electron chi connectivity index (χ1n) is 7.14. The Hall–Kier alpha value is -0.820. The van der Waals surface area contributed by atoms with E-state index in [9.17, 15) is 0 Å². The molecule has 1 heteroatoms. The van der Waals surface area contributed by atoms with Gasteiger partial charge >= 0.3 is 0 Å². The Morgan fingerprint density at radius 3 is 2.35 bits per heavy atom. The molecule has 2 aliphatic rings. The van der Waals surface area contributed by atoms with Crippen LogP contribution in [0.1, 0.15) is 44.6 Å². The van der Waals surface area contributed by atoms with E-state index in [1.807, 2.05) is 0 Å². The van der Waals surface area contributed by atoms with Crippen molar-refractivity contribution in [3.63, 3.8) is 0 Å². The molecule has 0 aliphatic heterocycles. The van der Waals surface area contributed by atoms with Gasteiger partial charge in [0.15, 0.2) is 0 Å². The summed E-state index contributed by atoms with van der Waals surface area (Å²) in [6.45, 7) is 3.54. The summed E-state index contributed by atoms with van der Waals surface area (Å²) < 4.78 is 0. The second-order valence-corrected chi connectivity index (χ2v) is 5.81. The maximum atomic E-state index is 3.77. The fourth-order valence-electron chi connectivity index (χ4n) is 3.12. The van der Waals surface area contributed by atoms with Crippen molar-refractivity contribution in [1.29, 1.82) is 0 Å². The number of hydrogen-bond acceptors (Lipinski definition) is 1. The maximum absolute atomic E-state index is 3.77. The van der Waals surface area contributed by atoms with Crippen molar-refractivity contribution in [2.75, 3.05) is 6.54 Å². The third-order valence-electron chi connectivity index (χ3n) is 4.62. The first kappa shape index (κ1) is 11.3. The molecular weight excluding hydrogens is 206 g/mol. The predicted molar refractivity (Wildman–Crippen MR) is 72.2 cm³/mol. The van der Waals surface area contributed by atoms with Gasteiger partial charge in [-0.15, -0.1) is 0 Å². The highest BCUT2D eigenvalue weighted by atomic mass is 15.0. The van der Waals surface area contributed by atoms with Crippen LogP contribution in [0.5, 0.6) is 0 Å². The van der Waals surface area contributed by atoms with E-state index in [-0.39, 0.29) is 0 Å². The predicted octanol–water partition coefficient (Wildman–Crippen LogP) is 3.50. The molecule has 2 fully saturated rings. The van der Waals surface area contributed by atoms with E-state index in [0.717, 1.165) is 12.0 Å². The Kier molecular flexibility index (Phi) is 2.96. The second kappa shape index (κ2) is 4.45. The summed E-state index contributed by atoms with van der Waals surface area (Å²) in [5.74, 6) is 0.918. The highest BCUT2D eigenvalue weighted by molar-refractivity contribution is 5.29. The third-order valence-corrected chi connectivity index (χ3v) is 4.62. The molecule has 92 valence electrons. The van der Waals surface area contributed by atoms with E-state index in [1.54, 1.807) is 5.56 Å². The lowest BCUT2D eigenvalue weighted by atomic mass is 9.73. The summed E-state index contributed by atoms with van der Waals surface area (Å²) in [5.41, 5.74) is 1.96. The first-order chi connectivity index (χ1) is 8.35. The lowest BCUT2D eigenvalue weighted by Crippen LogP contribution is -2.40. The van der Waals surface area contributed by atoms with Crippen LogP contribution in [-0.4, -0.2) is 12.6 Å². The summed E-state index contributed by atoms with van der Waals surface area (Å²) in [5, 5.41) is 3.77. The van der Waals surface area contributed by atoms with Gasteiger partial charge in [0.05, 0.1) is 0 Å². The Bertz CT molecular complexity index is 364. The van der Waals surface area contributed by atoms with E-state index in [0.29, 0.717) is 5.41 Å². The highest BCUT2D eigenvalue weighted by Crippen LogP contribution is 2.49. The van der Waals surface area contributed by atoms with Gasteiger partial charge in [-0.05, 0) is 43.6 Å². The fourth-order valence-corrected chi connectivity index (χ4v) is 3.12. The molecular formula is C16H23N. The Balaban J connectivity index is 1.83. The van der Waals surface area contributed by atoms with Gasteiger partial charge in [-0.2, -0.15) is 0 Å². The van der Waals surface area contributed by atoms with Crippen molar-refractivity contribution < 1.29 is 0 Å². The zero-order chi connectivity index (χ0) is 11.7. The molecule has 0 radical (unpaired) electrons. The number of benzene rings is 1. The molecule has 0 saturated heterocycles. The van der Waals surface area contributed by atoms with Gasteiger partial charge in [0.2, 0.25) is 0 Å². The van der Waals surface area contributed by atoms with E-state index >= 15 is 0 Å². The lowest BCUT2D eigenvalue weighted by molar-refractivity contribution is 0.332. The molecule has 17 heavy (non-hydrogen) atoms. The average Bonchev–Trinajstić information content (AvgIpc) is 3.25. The molecule has 0 amide bonds. The van der Waals surface area contributed by atoms with E-state index < -0.39 is 0 Å². The lowest BCUT2D eigenvalue weighted by Gasteiger charge is -2.34. The fraction of sp³-hybridized carbons (Fsp3) is 0.625. The van der Waals surface area contributed by atoms with Crippen molar-refractivity contribution in [2.45, 2.75) is 50.5 Å². The number of rotatable bonds is 6. The second-order valence-electron chi connectivity index (χ2n) is 5.81. The molecule has 1 unspecified atom stereocenters. The molecule has 0 bridgehead atoms. The van der Waals surface area contributed by atoms with E-state index in [4.69, 9.17) is 0 Å². The largest absolute Gasteiger partial charge is 0.313 e. The van der Waals surface area contributed by atoms with Crippen LogP contribution in [0.2, 0.25) is 0 Å². The van der Waals surface area contributed by atoms with Crippen LogP contribution in [-0.2, 0) is 5.41 Å². The van der Waals surface area contributed by atoms with Crippen molar-refractivity contribution in [2.24, 2.45) is 5.92 Å². The SMILES string of the molecule is CCC(CNC1CC1)(c1ccccc1)C1CC1. The van der Waals surface area contributed by atoms with Crippen molar-refractivity contribution in [3.8, 4) is 0 Å². The zero-order valence-corrected chi connectivity index (χ0v) is 10.8. The van der Waals surface area contributed by atoms with Gasteiger partial charge in [-0.25, -0.2) is 0 Å². The molecule has 1 nitrogen and oxygen atoms in total. The maximum Gasteiger partial charge on any atom is 0.0103 e. The summed E-state index contributed by atoms with van der Waals surface area (Å²) >= 11 is 0. The summed E-state index contributed by atoms with van der Waals surface area (Å²) in [6.07, 6.45) is 6.89. The van der Waals surface area contributed by atoms with Crippen molar-refractivity contribution in [3.05, 3.63) is 35.9 Å². The van der Waals surface area contributed by atoms with Gasteiger partial charge in [0.1, 0.15) is 0 Å².